The molecule has 6 heteroatoms. The minimum Gasteiger partial charge on any atom is -0.445 e. The summed E-state index contributed by atoms with van der Waals surface area (Å²) in [5.41, 5.74) is 0.964. The molecule has 0 saturated carbocycles. The van der Waals surface area contributed by atoms with Crippen molar-refractivity contribution in [1.82, 2.24) is 4.90 Å². The van der Waals surface area contributed by atoms with Crippen LogP contribution in [0, 0.1) is 5.92 Å². The second kappa shape index (κ2) is 8.54. The van der Waals surface area contributed by atoms with Crippen molar-refractivity contribution in [3.63, 3.8) is 0 Å². The lowest BCUT2D eigenvalue weighted by molar-refractivity contribution is 0.0175. The first-order valence-electron chi connectivity index (χ1n) is 9.36. The molecule has 1 amide bonds. The van der Waals surface area contributed by atoms with Crippen molar-refractivity contribution < 1.29 is 19.1 Å². The number of carbonyl (C=O) groups is 1. The van der Waals surface area contributed by atoms with Gasteiger partial charge in [0.1, 0.15) is 6.61 Å². The molecule has 5 nitrogen and oxygen atoms in total. The molecule has 1 aromatic rings. The first-order valence-corrected chi connectivity index (χ1v) is 12.3. The quantitative estimate of drug-likeness (QED) is 0.785. The van der Waals surface area contributed by atoms with Crippen LogP contribution in [0.2, 0.25) is 18.1 Å². The van der Waals surface area contributed by atoms with Gasteiger partial charge in [0, 0.05) is 25.6 Å². The number of nitrogens with zero attached hydrogens (tertiary/aromatic N) is 1. The number of hydrogen-bond donors (Lipinski definition) is 1. The largest absolute Gasteiger partial charge is 0.445 e. The number of likely N-dealkylation sites (tertiary alicyclic amines) is 1. The minimum absolute atomic E-state index is 0.0304. The molecular weight excluding hydrogens is 346 g/mol. The Morgan fingerprint density at radius 1 is 1.23 bits per heavy atom. The van der Waals surface area contributed by atoms with E-state index in [0.717, 1.165) is 12.0 Å². The van der Waals surface area contributed by atoms with Crippen molar-refractivity contribution in [2.45, 2.75) is 58.0 Å². The van der Waals surface area contributed by atoms with Gasteiger partial charge in [0.15, 0.2) is 8.32 Å². The van der Waals surface area contributed by atoms with E-state index in [2.05, 4.69) is 33.9 Å². The zero-order chi connectivity index (χ0) is 19.4. The summed E-state index contributed by atoms with van der Waals surface area (Å²) in [6.07, 6.45) is 0.396. The van der Waals surface area contributed by atoms with E-state index in [-0.39, 0.29) is 36.4 Å². The predicted molar refractivity (Wildman–Crippen MR) is 105 cm³/mol. The molecule has 1 aromatic carbocycles. The number of aliphatic hydroxyl groups excluding tert-OH is 1. The Labute approximate surface area is 158 Å². The highest BCUT2D eigenvalue weighted by atomic mass is 28.4. The van der Waals surface area contributed by atoms with Gasteiger partial charge in [-0.1, -0.05) is 51.1 Å². The second-order valence-corrected chi connectivity index (χ2v) is 13.5. The Hall–Kier alpha value is -1.37. The van der Waals surface area contributed by atoms with E-state index in [4.69, 9.17) is 9.16 Å². The van der Waals surface area contributed by atoms with E-state index >= 15 is 0 Å². The lowest BCUT2D eigenvalue weighted by Crippen LogP contribution is -2.53. The van der Waals surface area contributed by atoms with E-state index < -0.39 is 8.32 Å². The van der Waals surface area contributed by atoms with Gasteiger partial charge < -0.3 is 19.2 Å². The summed E-state index contributed by atoms with van der Waals surface area (Å²) < 4.78 is 12.0. The van der Waals surface area contributed by atoms with Gasteiger partial charge >= 0.3 is 6.09 Å². The van der Waals surface area contributed by atoms with Crippen LogP contribution in [0.1, 0.15) is 32.8 Å². The average molecular weight is 380 g/mol. The molecule has 0 bridgehead atoms. The molecule has 2 rings (SSSR count). The Bertz CT molecular complexity index is 585. The molecule has 1 saturated heterocycles. The van der Waals surface area contributed by atoms with Crippen LogP contribution in [-0.2, 0) is 15.8 Å². The molecule has 0 aliphatic carbocycles. The number of rotatable bonds is 5. The molecule has 146 valence electrons. The fraction of sp³-hybridized carbons (Fsp3) is 0.650. The molecule has 1 aliphatic rings. The number of benzene rings is 1. The van der Waals surface area contributed by atoms with E-state index in [9.17, 15) is 9.90 Å². The fourth-order valence-corrected chi connectivity index (χ4v) is 4.28. The van der Waals surface area contributed by atoms with Crippen LogP contribution in [0.25, 0.3) is 0 Å². The maximum absolute atomic E-state index is 12.5. The van der Waals surface area contributed by atoms with Crippen LogP contribution in [-0.4, -0.2) is 50.2 Å². The maximum Gasteiger partial charge on any atom is 0.410 e. The first kappa shape index (κ1) is 20.9. The maximum atomic E-state index is 12.5. The number of hydrogen-bond acceptors (Lipinski definition) is 4. The number of ether oxygens (including phenoxy) is 1. The first-order chi connectivity index (χ1) is 12.1. The minimum atomic E-state index is -1.93. The lowest BCUT2D eigenvalue weighted by Gasteiger charge is -2.43. The third kappa shape index (κ3) is 5.56. The molecule has 2 atom stereocenters. The van der Waals surface area contributed by atoms with Crippen molar-refractivity contribution in [3.05, 3.63) is 35.9 Å². The van der Waals surface area contributed by atoms with Crippen LogP contribution in [0.4, 0.5) is 4.79 Å². The van der Waals surface area contributed by atoms with Crippen LogP contribution < -0.4 is 0 Å². The van der Waals surface area contributed by atoms with Gasteiger partial charge in [-0.2, -0.15) is 0 Å². The molecule has 0 radical (unpaired) electrons. The molecule has 2 unspecified atom stereocenters. The highest BCUT2D eigenvalue weighted by Gasteiger charge is 2.41. The average Bonchev–Trinajstić information content (AvgIpc) is 2.58. The molecular formula is C20H33NO4Si. The molecule has 1 aliphatic heterocycles. The Balaban J connectivity index is 1.98. The summed E-state index contributed by atoms with van der Waals surface area (Å²) in [5, 5.41) is 9.76. The highest BCUT2D eigenvalue weighted by Crippen LogP contribution is 2.38. The Morgan fingerprint density at radius 2 is 1.88 bits per heavy atom. The number of piperidine rings is 1. The summed E-state index contributed by atoms with van der Waals surface area (Å²) in [7, 11) is -1.93. The van der Waals surface area contributed by atoms with Crippen molar-refractivity contribution in [1.29, 1.82) is 0 Å². The Morgan fingerprint density at radius 3 is 2.46 bits per heavy atom. The van der Waals surface area contributed by atoms with Gasteiger partial charge in [0.05, 0.1) is 6.10 Å². The molecule has 0 aromatic heterocycles. The van der Waals surface area contributed by atoms with E-state index in [0.29, 0.717) is 13.1 Å². The topological polar surface area (TPSA) is 59.0 Å². The summed E-state index contributed by atoms with van der Waals surface area (Å²) in [6.45, 7) is 12.4. The van der Waals surface area contributed by atoms with Gasteiger partial charge in [-0.15, -0.1) is 0 Å². The van der Waals surface area contributed by atoms with Crippen molar-refractivity contribution in [2.24, 2.45) is 5.92 Å². The molecule has 1 fully saturated rings. The monoisotopic (exact) mass is 379 g/mol. The summed E-state index contributed by atoms with van der Waals surface area (Å²) in [5.74, 6) is 0.0304. The second-order valence-electron chi connectivity index (χ2n) is 8.73. The van der Waals surface area contributed by atoms with Gasteiger partial charge in [0.25, 0.3) is 0 Å². The van der Waals surface area contributed by atoms with Gasteiger partial charge in [0.2, 0.25) is 0 Å². The van der Waals surface area contributed by atoms with Gasteiger partial charge in [-0.25, -0.2) is 4.79 Å². The zero-order valence-corrected chi connectivity index (χ0v) is 17.7. The van der Waals surface area contributed by atoms with E-state index in [1.54, 1.807) is 4.90 Å². The predicted octanol–water partition coefficient (Wildman–Crippen LogP) is 4.03. The molecule has 1 heterocycles. The zero-order valence-electron chi connectivity index (χ0n) is 16.7. The van der Waals surface area contributed by atoms with Crippen LogP contribution in [0.15, 0.2) is 30.3 Å². The molecule has 0 spiro atoms. The van der Waals surface area contributed by atoms with E-state index in [1.807, 2.05) is 30.3 Å². The fourth-order valence-electron chi connectivity index (χ4n) is 2.92. The van der Waals surface area contributed by atoms with Crippen molar-refractivity contribution in [2.75, 3.05) is 19.7 Å². The molecule has 1 N–H and O–H groups in total. The Kier molecular flexibility index (Phi) is 6.88. The summed E-state index contributed by atoms with van der Waals surface area (Å²) in [4.78, 5) is 14.2. The number of aliphatic hydroxyl groups is 1. The van der Waals surface area contributed by atoms with Crippen molar-refractivity contribution >= 4 is 14.4 Å². The van der Waals surface area contributed by atoms with E-state index in [1.165, 1.54) is 0 Å². The van der Waals surface area contributed by atoms with Gasteiger partial charge in [-0.3, -0.25) is 0 Å². The van der Waals surface area contributed by atoms with Gasteiger partial charge in [-0.05, 0) is 30.1 Å². The number of amides is 1. The highest BCUT2D eigenvalue weighted by molar-refractivity contribution is 6.74. The number of carbonyl (C=O) groups excluding carboxylic acids is 1. The van der Waals surface area contributed by atoms with Crippen LogP contribution >= 0.6 is 0 Å². The third-order valence-corrected chi connectivity index (χ3v) is 10.0. The summed E-state index contributed by atoms with van der Waals surface area (Å²) in [6, 6.07) is 9.65. The van der Waals surface area contributed by atoms with Crippen LogP contribution in [0.3, 0.4) is 0 Å². The third-order valence-electron chi connectivity index (χ3n) is 5.49. The normalized spacial score (nSPS) is 21.5. The smallest absolute Gasteiger partial charge is 0.410 e. The van der Waals surface area contributed by atoms with Crippen molar-refractivity contribution in [3.8, 4) is 0 Å². The van der Waals surface area contributed by atoms with Crippen LogP contribution in [0.5, 0.6) is 0 Å². The SMILES string of the molecule is CC(C)(C)[Si](C)(C)OC1CC(CO)CN(C(=O)OCc2ccccc2)C1. The molecule has 26 heavy (non-hydrogen) atoms. The summed E-state index contributed by atoms with van der Waals surface area (Å²) >= 11 is 0. The lowest BCUT2D eigenvalue weighted by atomic mass is 9.97. The standard InChI is InChI=1S/C20H33NO4Si/c1-20(2,3)26(4,5)25-18-11-17(14-22)12-21(13-18)19(23)24-15-16-9-7-6-8-10-16/h6-10,17-18,22H,11-15H2,1-5H3.